The molecular formula is C17H17N3. The van der Waals surface area contributed by atoms with Crippen LogP contribution in [0.3, 0.4) is 0 Å². The van der Waals surface area contributed by atoms with Gasteiger partial charge >= 0.3 is 0 Å². The highest BCUT2D eigenvalue weighted by atomic mass is 14.9. The summed E-state index contributed by atoms with van der Waals surface area (Å²) in [5, 5.41) is 5.97. The molecule has 1 aromatic carbocycles. The number of pyridine rings is 2. The van der Waals surface area contributed by atoms with Crippen molar-refractivity contribution in [1.29, 1.82) is 0 Å². The molecular weight excluding hydrogens is 246 g/mol. The highest BCUT2D eigenvalue weighted by molar-refractivity contribution is 5.84. The van der Waals surface area contributed by atoms with Gasteiger partial charge in [0.15, 0.2) is 0 Å². The van der Waals surface area contributed by atoms with E-state index in [0.717, 1.165) is 6.54 Å². The van der Waals surface area contributed by atoms with Crippen LogP contribution in [-0.2, 0) is 6.54 Å². The molecule has 0 saturated carbocycles. The Kier molecular flexibility index (Phi) is 3.70. The summed E-state index contributed by atoms with van der Waals surface area (Å²) in [6, 6.07) is 12.7. The Morgan fingerprint density at radius 2 is 1.90 bits per heavy atom. The van der Waals surface area contributed by atoms with Crippen LogP contribution in [0.25, 0.3) is 10.8 Å². The van der Waals surface area contributed by atoms with Crippen molar-refractivity contribution in [2.75, 3.05) is 0 Å². The molecule has 2 aromatic heterocycles. The summed E-state index contributed by atoms with van der Waals surface area (Å²) in [7, 11) is 0. The van der Waals surface area contributed by atoms with Crippen molar-refractivity contribution in [3.05, 3.63) is 72.3 Å². The molecule has 0 aliphatic carbocycles. The Hall–Kier alpha value is -2.26. The Morgan fingerprint density at radius 3 is 2.75 bits per heavy atom. The lowest BCUT2D eigenvalue weighted by molar-refractivity contribution is 0.574. The summed E-state index contributed by atoms with van der Waals surface area (Å²) in [4.78, 5) is 8.47. The van der Waals surface area contributed by atoms with Gasteiger partial charge in [0, 0.05) is 42.8 Å². The van der Waals surface area contributed by atoms with Crippen LogP contribution >= 0.6 is 0 Å². The molecule has 1 unspecified atom stereocenters. The van der Waals surface area contributed by atoms with Crippen molar-refractivity contribution >= 4 is 10.8 Å². The van der Waals surface area contributed by atoms with E-state index in [0.29, 0.717) is 0 Å². The second kappa shape index (κ2) is 5.80. The van der Waals surface area contributed by atoms with Crippen molar-refractivity contribution in [2.24, 2.45) is 0 Å². The van der Waals surface area contributed by atoms with Gasteiger partial charge in [-0.15, -0.1) is 0 Å². The largest absolute Gasteiger partial charge is 0.306 e. The van der Waals surface area contributed by atoms with Gasteiger partial charge in [0.1, 0.15) is 0 Å². The molecule has 3 aromatic rings. The molecule has 0 aliphatic rings. The number of nitrogens with one attached hydrogen (secondary N) is 1. The normalized spacial score (nSPS) is 12.4. The summed E-state index contributed by atoms with van der Waals surface area (Å²) in [6.45, 7) is 2.94. The van der Waals surface area contributed by atoms with Gasteiger partial charge in [-0.05, 0) is 29.5 Å². The third-order valence-electron chi connectivity index (χ3n) is 3.53. The summed E-state index contributed by atoms with van der Waals surface area (Å²) in [5.74, 6) is 0. The first-order valence-corrected chi connectivity index (χ1v) is 6.79. The van der Waals surface area contributed by atoms with E-state index in [1.54, 1.807) is 6.20 Å². The molecule has 3 heteroatoms. The van der Waals surface area contributed by atoms with E-state index in [9.17, 15) is 0 Å². The van der Waals surface area contributed by atoms with Gasteiger partial charge < -0.3 is 5.32 Å². The molecule has 1 atom stereocenters. The molecule has 0 spiro atoms. The third kappa shape index (κ3) is 2.68. The van der Waals surface area contributed by atoms with E-state index in [-0.39, 0.29) is 6.04 Å². The fourth-order valence-electron chi connectivity index (χ4n) is 2.33. The van der Waals surface area contributed by atoms with E-state index in [1.165, 1.54) is 21.9 Å². The van der Waals surface area contributed by atoms with Crippen molar-refractivity contribution in [3.8, 4) is 0 Å². The average molecular weight is 263 g/mol. The number of benzene rings is 1. The van der Waals surface area contributed by atoms with E-state index in [1.807, 2.05) is 30.7 Å². The molecule has 3 nitrogen and oxygen atoms in total. The van der Waals surface area contributed by atoms with Gasteiger partial charge in [-0.2, -0.15) is 0 Å². The summed E-state index contributed by atoms with van der Waals surface area (Å²) >= 11 is 0. The number of fused-ring (bicyclic) bond motifs is 1. The molecule has 0 saturated heterocycles. The SMILES string of the molecule is CC(NCc1cncc2ccccc12)c1cccnc1. The van der Waals surface area contributed by atoms with Gasteiger partial charge in [0.25, 0.3) is 0 Å². The van der Waals surface area contributed by atoms with Crippen molar-refractivity contribution in [1.82, 2.24) is 15.3 Å². The zero-order valence-electron chi connectivity index (χ0n) is 11.5. The maximum atomic E-state index is 4.31. The lowest BCUT2D eigenvalue weighted by Crippen LogP contribution is -2.18. The Labute approximate surface area is 118 Å². The van der Waals surface area contributed by atoms with Crippen LogP contribution in [-0.4, -0.2) is 9.97 Å². The van der Waals surface area contributed by atoms with Gasteiger partial charge in [-0.1, -0.05) is 30.3 Å². The van der Waals surface area contributed by atoms with Crippen LogP contribution in [0, 0.1) is 0 Å². The fourth-order valence-corrected chi connectivity index (χ4v) is 2.33. The zero-order valence-corrected chi connectivity index (χ0v) is 11.5. The molecule has 3 rings (SSSR count). The number of rotatable bonds is 4. The maximum absolute atomic E-state index is 4.31. The number of nitrogens with zero attached hydrogens (tertiary/aromatic N) is 2. The topological polar surface area (TPSA) is 37.8 Å². The van der Waals surface area contributed by atoms with Crippen molar-refractivity contribution < 1.29 is 0 Å². The quantitative estimate of drug-likeness (QED) is 0.783. The van der Waals surface area contributed by atoms with E-state index >= 15 is 0 Å². The molecule has 0 aliphatic heterocycles. The minimum absolute atomic E-state index is 0.266. The average Bonchev–Trinajstić information content (AvgIpc) is 2.53. The molecule has 0 bridgehead atoms. The fraction of sp³-hybridized carbons (Fsp3) is 0.176. The Morgan fingerprint density at radius 1 is 1.00 bits per heavy atom. The third-order valence-corrected chi connectivity index (χ3v) is 3.53. The number of hydrogen-bond donors (Lipinski definition) is 1. The molecule has 0 amide bonds. The molecule has 2 heterocycles. The minimum atomic E-state index is 0.266. The standard InChI is InChI=1S/C17H17N3/c1-13(14-6-4-8-18-9-14)20-12-16-11-19-10-15-5-2-3-7-17(15)16/h2-11,13,20H,12H2,1H3. The molecule has 0 radical (unpaired) electrons. The highest BCUT2D eigenvalue weighted by Gasteiger charge is 2.06. The minimum Gasteiger partial charge on any atom is -0.306 e. The van der Waals surface area contributed by atoms with E-state index < -0.39 is 0 Å². The maximum Gasteiger partial charge on any atom is 0.0346 e. The van der Waals surface area contributed by atoms with Gasteiger partial charge in [0.2, 0.25) is 0 Å². The smallest absolute Gasteiger partial charge is 0.0346 e. The number of hydrogen-bond acceptors (Lipinski definition) is 3. The van der Waals surface area contributed by atoms with Crippen LogP contribution in [0.1, 0.15) is 24.1 Å². The highest BCUT2D eigenvalue weighted by Crippen LogP contribution is 2.18. The van der Waals surface area contributed by atoms with Crippen LogP contribution in [0.15, 0.2) is 61.2 Å². The van der Waals surface area contributed by atoms with Crippen LogP contribution < -0.4 is 5.32 Å². The van der Waals surface area contributed by atoms with Gasteiger partial charge in [-0.25, -0.2) is 0 Å². The first-order chi connectivity index (χ1) is 9.84. The summed E-state index contributed by atoms with van der Waals surface area (Å²) in [6.07, 6.45) is 7.54. The van der Waals surface area contributed by atoms with Crippen LogP contribution in [0.5, 0.6) is 0 Å². The first-order valence-electron chi connectivity index (χ1n) is 6.79. The Balaban J connectivity index is 1.77. The summed E-state index contributed by atoms with van der Waals surface area (Å²) < 4.78 is 0. The molecule has 0 fully saturated rings. The van der Waals surface area contributed by atoms with Crippen LogP contribution in [0.2, 0.25) is 0 Å². The van der Waals surface area contributed by atoms with E-state index in [4.69, 9.17) is 0 Å². The molecule has 20 heavy (non-hydrogen) atoms. The predicted molar refractivity (Wildman–Crippen MR) is 81.2 cm³/mol. The second-order valence-corrected chi connectivity index (χ2v) is 4.91. The van der Waals surface area contributed by atoms with Gasteiger partial charge in [0.05, 0.1) is 0 Å². The second-order valence-electron chi connectivity index (χ2n) is 4.91. The Bertz CT molecular complexity index is 689. The molecule has 100 valence electrons. The predicted octanol–water partition coefficient (Wildman–Crippen LogP) is 3.48. The van der Waals surface area contributed by atoms with Gasteiger partial charge in [-0.3, -0.25) is 9.97 Å². The number of aromatic nitrogens is 2. The summed E-state index contributed by atoms with van der Waals surface area (Å²) in [5.41, 5.74) is 2.42. The lowest BCUT2D eigenvalue weighted by Gasteiger charge is -2.14. The first kappa shape index (κ1) is 12.8. The zero-order chi connectivity index (χ0) is 13.8. The van der Waals surface area contributed by atoms with E-state index in [2.05, 4.69) is 46.5 Å². The van der Waals surface area contributed by atoms with Crippen LogP contribution in [0.4, 0.5) is 0 Å². The molecule has 1 N–H and O–H groups in total. The monoisotopic (exact) mass is 263 g/mol. The van der Waals surface area contributed by atoms with Crippen molar-refractivity contribution in [2.45, 2.75) is 19.5 Å². The van der Waals surface area contributed by atoms with Crippen molar-refractivity contribution in [3.63, 3.8) is 0 Å². The lowest BCUT2D eigenvalue weighted by atomic mass is 10.1.